The third kappa shape index (κ3) is 1.88. The van der Waals surface area contributed by atoms with Gasteiger partial charge in [-0.2, -0.15) is 0 Å². The van der Waals surface area contributed by atoms with Crippen molar-refractivity contribution in [2.75, 3.05) is 7.11 Å². The zero-order valence-electron chi connectivity index (χ0n) is 9.79. The van der Waals surface area contributed by atoms with Gasteiger partial charge in [0, 0.05) is 5.56 Å². The van der Waals surface area contributed by atoms with Crippen molar-refractivity contribution < 1.29 is 22.7 Å². The van der Waals surface area contributed by atoms with E-state index in [9.17, 15) is 13.6 Å². The first-order chi connectivity index (χ1) is 8.58. The van der Waals surface area contributed by atoms with E-state index < -0.39 is 11.6 Å². The van der Waals surface area contributed by atoms with E-state index >= 15 is 0 Å². The van der Waals surface area contributed by atoms with E-state index in [0.717, 1.165) is 0 Å². The van der Waals surface area contributed by atoms with Gasteiger partial charge in [-0.25, -0.2) is 8.78 Å². The first-order valence-corrected chi connectivity index (χ1v) is 5.16. The Balaban J connectivity index is 2.63. The van der Waals surface area contributed by atoms with Gasteiger partial charge in [-0.15, -0.1) is 0 Å². The molecule has 0 fully saturated rings. The van der Waals surface area contributed by atoms with E-state index in [4.69, 9.17) is 9.15 Å². The SMILES string of the molecule is COc1cc(-c2ccc(C=O)o2)c(F)c(F)c1C. The van der Waals surface area contributed by atoms with Crippen LogP contribution in [0.2, 0.25) is 0 Å². The normalized spacial score (nSPS) is 10.4. The first kappa shape index (κ1) is 12.3. The predicted molar refractivity (Wildman–Crippen MR) is 60.7 cm³/mol. The highest BCUT2D eigenvalue weighted by Crippen LogP contribution is 2.33. The molecule has 0 amide bonds. The Labute approximate surface area is 102 Å². The van der Waals surface area contributed by atoms with Crippen molar-refractivity contribution in [2.24, 2.45) is 0 Å². The number of furan rings is 1. The molecule has 0 saturated carbocycles. The van der Waals surface area contributed by atoms with Crippen LogP contribution in [0.4, 0.5) is 8.78 Å². The van der Waals surface area contributed by atoms with Gasteiger partial charge >= 0.3 is 0 Å². The number of hydrogen-bond acceptors (Lipinski definition) is 3. The number of halogens is 2. The van der Waals surface area contributed by atoms with Crippen LogP contribution < -0.4 is 4.74 Å². The average Bonchev–Trinajstić information content (AvgIpc) is 2.85. The van der Waals surface area contributed by atoms with Gasteiger partial charge in [0.1, 0.15) is 11.5 Å². The lowest BCUT2D eigenvalue weighted by Gasteiger charge is -2.09. The predicted octanol–water partition coefficient (Wildman–Crippen LogP) is 3.35. The molecule has 18 heavy (non-hydrogen) atoms. The molecule has 0 radical (unpaired) electrons. The summed E-state index contributed by atoms with van der Waals surface area (Å²) in [6, 6.07) is 4.11. The maximum atomic E-state index is 13.8. The number of benzene rings is 1. The van der Waals surface area contributed by atoms with E-state index in [0.29, 0.717) is 6.29 Å². The van der Waals surface area contributed by atoms with Crippen molar-refractivity contribution in [3.8, 4) is 17.1 Å². The van der Waals surface area contributed by atoms with Gasteiger partial charge in [-0.1, -0.05) is 0 Å². The second-order valence-corrected chi connectivity index (χ2v) is 3.70. The average molecular weight is 252 g/mol. The summed E-state index contributed by atoms with van der Waals surface area (Å²) >= 11 is 0. The molecule has 0 unspecified atom stereocenters. The quantitative estimate of drug-likeness (QED) is 0.786. The van der Waals surface area contributed by atoms with Gasteiger partial charge in [0.05, 0.1) is 12.7 Å². The molecule has 0 atom stereocenters. The summed E-state index contributed by atoms with van der Waals surface area (Å²) in [4.78, 5) is 10.5. The molecular formula is C13H10F2O3. The highest BCUT2D eigenvalue weighted by Gasteiger charge is 2.19. The fourth-order valence-corrected chi connectivity index (χ4v) is 1.65. The van der Waals surface area contributed by atoms with Crippen LogP contribution in [0.5, 0.6) is 5.75 Å². The Morgan fingerprint density at radius 2 is 2.00 bits per heavy atom. The minimum absolute atomic E-state index is 0.0457. The second kappa shape index (κ2) is 4.60. The van der Waals surface area contributed by atoms with Gasteiger partial charge in [0.2, 0.25) is 0 Å². The largest absolute Gasteiger partial charge is 0.496 e. The second-order valence-electron chi connectivity index (χ2n) is 3.70. The Bertz CT molecular complexity index is 603. The lowest BCUT2D eigenvalue weighted by Crippen LogP contribution is -1.97. The molecule has 0 aliphatic heterocycles. The Morgan fingerprint density at radius 3 is 2.56 bits per heavy atom. The minimum Gasteiger partial charge on any atom is -0.496 e. The molecule has 0 aliphatic carbocycles. The molecule has 0 spiro atoms. The van der Waals surface area contributed by atoms with Crippen molar-refractivity contribution >= 4 is 6.29 Å². The highest BCUT2D eigenvalue weighted by atomic mass is 19.2. The topological polar surface area (TPSA) is 39.4 Å². The summed E-state index contributed by atoms with van der Waals surface area (Å²) in [5.74, 6) is -1.68. The molecule has 0 saturated heterocycles. The van der Waals surface area contributed by atoms with E-state index in [1.807, 2.05) is 0 Å². The smallest absolute Gasteiger partial charge is 0.185 e. The number of carbonyl (C=O) groups is 1. The molecule has 5 heteroatoms. The zero-order chi connectivity index (χ0) is 13.3. The summed E-state index contributed by atoms with van der Waals surface area (Å²) in [5, 5.41) is 0. The summed E-state index contributed by atoms with van der Waals surface area (Å²) in [6.45, 7) is 1.42. The van der Waals surface area contributed by atoms with Gasteiger partial charge in [-0.05, 0) is 25.1 Å². The van der Waals surface area contributed by atoms with Crippen molar-refractivity contribution in [3.05, 3.63) is 41.2 Å². The van der Waals surface area contributed by atoms with Gasteiger partial charge in [0.15, 0.2) is 23.7 Å². The van der Waals surface area contributed by atoms with Crippen molar-refractivity contribution in [3.63, 3.8) is 0 Å². The van der Waals surface area contributed by atoms with Gasteiger partial charge in [0.25, 0.3) is 0 Å². The maximum Gasteiger partial charge on any atom is 0.185 e. The van der Waals surface area contributed by atoms with Crippen molar-refractivity contribution in [1.29, 1.82) is 0 Å². The fraction of sp³-hybridized carbons (Fsp3) is 0.154. The maximum absolute atomic E-state index is 13.8. The van der Waals surface area contributed by atoms with Crippen LogP contribution in [-0.2, 0) is 0 Å². The molecule has 1 aromatic carbocycles. The lowest BCUT2D eigenvalue weighted by molar-refractivity contribution is 0.110. The number of hydrogen-bond donors (Lipinski definition) is 0. The van der Waals surface area contributed by atoms with E-state index in [2.05, 4.69) is 0 Å². The first-order valence-electron chi connectivity index (χ1n) is 5.16. The molecule has 3 nitrogen and oxygen atoms in total. The molecule has 0 aliphatic rings. The summed E-state index contributed by atoms with van der Waals surface area (Å²) in [5.41, 5.74) is 0.00367. The monoisotopic (exact) mass is 252 g/mol. The van der Waals surface area contributed by atoms with Crippen molar-refractivity contribution in [1.82, 2.24) is 0 Å². The third-order valence-corrected chi connectivity index (χ3v) is 2.63. The van der Waals surface area contributed by atoms with E-state index in [1.54, 1.807) is 0 Å². The van der Waals surface area contributed by atoms with Crippen LogP contribution in [0, 0.1) is 18.6 Å². The molecular weight excluding hydrogens is 242 g/mol. The summed E-state index contributed by atoms with van der Waals surface area (Å²) in [7, 11) is 1.36. The number of rotatable bonds is 3. The number of aldehydes is 1. The Morgan fingerprint density at radius 1 is 1.28 bits per heavy atom. The number of carbonyl (C=O) groups excluding carboxylic acids is 1. The number of methoxy groups -OCH3 is 1. The molecule has 1 heterocycles. The molecule has 1 aromatic heterocycles. The Kier molecular flexibility index (Phi) is 3.14. The van der Waals surface area contributed by atoms with Crippen LogP contribution in [0.1, 0.15) is 16.1 Å². The highest BCUT2D eigenvalue weighted by molar-refractivity contribution is 5.73. The van der Waals surface area contributed by atoms with E-state index in [1.165, 1.54) is 32.2 Å². The molecule has 0 N–H and O–H groups in total. The molecule has 2 rings (SSSR count). The van der Waals surface area contributed by atoms with Gasteiger partial charge < -0.3 is 9.15 Å². The van der Waals surface area contributed by atoms with Crippen LogP contribution in [-0.4, -0.2) is 13.4 Å². The van der Waals surface area contributed by atoms with E-state index in [-0.39, 0.29) is 28.4 Å². The standard InChI is InChI=1S/C13H10F2O3/c1-7-11(17-2)5-9(13(15)12(7)14)10-4-3-8(6-16)18-10/h3-6H,1-2H3. The third-order valence-electron chi connectivity index (χ3n) is 2.63. The van der Waals surface area contributed by atoms with Crippen LogP contribution >= 0.6 is 0 Å². The zero-order valence-corrected chi connectivity index (χ0v) is 9.79. The molecule has 2 aromatic rings. The molecule has 0 bridgehead atoms. The Hall–Kier alpha value is -2.17. The number of ether oxygens (including phenoxy) is 1. The fourth-order valence-electron chi connectivity index (χ4n) is 1.65. The molecule has 94 valence electrons. The van der Waals surface area contributed by atoms with Crippen LogP contribution in [0.25, 0.3) is 11.3 Å². The van der Waals surface area contributed by atoms with Crippen LogP contribution in [0.15, 0.2) is 22.6 Å². The van der Waals surface area contributed by atoms with Crippen LogP contribution in [0.3, 0.4) is 0 Å². The lowest BCUT2D eigenvalue weighted by atomic mass is 10.1. The summed E-state index contributed by atoms with van der Waals surface area (Å²) in [6.07, 6.45) is 0.489. The van der Waals surface area contributed by atoms with Crippen molar-refractivity contribution in [2.45, 2.75) is 6.92 Å². The minimum atomic E-state index is -1.03. The summed E-state index contributed by atoms with van der Waals surface area (Å²) < 4.78 is 37.5. The van der Waals surface area contributed by atoms with Gasteiger partial charge in [-0.3, -0.25) is 4.79 Å².